The third kappa shape index (κ3) is 3.23. The number of esters is 1. The molecule has 0 saturated heterocycles. The number of hydrogen-bond donors (Lipinski definition) is 2. The van der Waals surface area contributed by atoms with Crippen molar-refractivity contribution in [2.75, 3.05) is 0 Å². The lowest BCUT2D eigenvalue weighted by Crippen LogP contribution is -2.40. The molecule has 1 atom stereocenters. The SMILES string of the molecule is CC(NC(=O)c1ccccc1)C(=O)Oc1c[nH]c2ccccc12. The van der Waals surface area contributed by atoms with Gasteiger partial charge in [0, 0.05) is 22.7 Å². The molecule has 116 valence electrons. The first-order valence-electron chi connectivity index (χ1n) is 7.29. The van der Waals surface area contributed by atoms with Crippen LogP contribution in [-0.4, -0.2) is 22.9 Å². The summed E-state index contributed by atoms with van der Waals surface area (Å²) in [6.07, 6.45) is 1.63. The standard InChI is InChI=1S/C18H16N2O3/c1-12(20-17(21)13-7-3-2-4-8-13)18(22)23-16-11-19-15-10-6-5-9-14(15)16/h2-12,19H,1H3,(H,20,21). The third-order valence-electron chi connectivity index (χ3n) is 3.50. The predicted octanol–water partition coefficient (Wildman–Crippen LogP) is 2.89. The minimum absolute atomic E-state index is 0.311. The van der Waals surface area contributed by atoms with E-state index in [2.05, 4.69) is 10.3 Å². The summed E-state index contributed by atoms with van der Waals surface area (Å²) in [4.78, 5) is 27.3. The van der Waals surface area contributed by atoms with Gasteiger partial charge in [-0.3, -0.25) is 4.79 Å². The average molecular weight is 308 g/mol. The highest BCUT2D eigenvalue weighted by molar-refractivity contribution is 5.97. The Kier molecular flexibility index (Phi) is 4.10. The van der Waals surface area contributed by atoms with Gasteiger partial charge in [0.2, 0.25) is 0 Å². The predicted molar refractivity (Wildman–Crippen MR) is 87.3 cm³/mol. The fourth-order valence-electron chi connectivity index (χ4n) is 2.25. The Morgan fingerprint density at radius 2 is 1.74 bits per heavy atom. The van der Waals surface area contributed by atoms with Crippen LogP contribution in [0.2, 0.25) is 0 Å². The topological polar surface area (TPSA) is 71.2 Å². The molecule has 5 heteroatoms. The molecule has 1 amide bonds. The molecule has 2 aromatic carbocycles. The summed E-state index contributed by atoms with van der Waals surface area (Å²) >= 11 is 0. The number of ether oxygens (including phenoxy) is 1. The molecule has 2 N–H and O–H groups in total. The van der Waals surface area contributed by atoms with Crippen LogP contribution < -0.4 is 10.1 Å². The molecule has 0 aliphatic heterocycles. The van der Waals surface area contributed by atoms with E-state index in [1.54, 1.807) is 37.4 Å². The number of amides is 1. The zero-order valence-electron chi connectivity index (χ0n) is 12.6. The summed E-state index contributed by atoms with van der Waals surface area (Å²) < 4.78 is 5.38. The van der Waals surface area contributed by atoms with E-state index in [0.29, 0.717) is 11.3 Å². The van der Waals surface area contributed by atoms with E-state index in [1.807, 2.05) is 30.3 Å². The molecule has 0 bridgehead atoms. The van der Waals surface area contributed by atoms with Gasteiger partial charge >= 0.3 is 5.97 Å². The summed E-state index contributed by atoms with van der Waals surface area (Å²) in [5.41, 5.74) is 1.38. The van der Waals surface area contributed by atoms with Crippen molar-refractivity contribution < 1.29 is 14.3 Å². The Hall–Kier alpha value is -3.08. The maximum Gasteiger partial charge on any atom is 0.333 e. The smallest absolute Gasteiger partial charge is 0.333 e. The molecule has 0 spiro atoms. The zero-order chi connectivity index (χ0) is 16.2. The Balaban J connectivity index is 1.67. The number of aromatic amines is 1. The minimum atomic E-state index is -0.753. The molecule has 1 unspecified atom stereocenters. The van der Waals surface area contributed by atoms with E-state index in [-0.39, 0.29) is 5.91 Å². The van der Waals surface area contributed by atoms with Crippen LogP contribution in [0.25, 0.3) is 10.9 Å². The lowest BCUT2D eigenvalue weighted by atomic mass is 10.2. The van der Waals surface area contributed by atoms with Crippen molar-refractivity contribution in [1.82, 2.24) is 10.3 Å². The molecule has 1 heterocycles. The van der Waals surface area contributed by atoms with Gasteiger partial charge < -0.3 is 15.0 Å². The van der Waals surface area contributed by atoms with Crippen molar-refractivity contribution in [2.45, 2.75) is 13.0 Å². The van der Waals surface area contributed by atoms with Crippen LogP contribution in [0.4, 0.5) is 0 Å². The number of carbonyl (C=O) groups excluding carboxylic acids is 2. The second kappa shape index (κ2) is 6.36. The van der Waals surface area contributed by atoms with Crippen LogP contribution in [0.1, 0.15) is 17.3 Å². The van der Waals surface area contributed by atoms with Gasteiger partial charge in [0.05, 0.1) is 0 Å². The molecule has 1 aromatic heterocycles. The molecule has 0 aliphatic rings. The molecule has 5 nitrogen and oxygen atoms in total. The normalized spacial score (nSPS) is 11.9. The van der Waals surface area contributed by atoms with Gasteiger partial charge in [0.15, 0.2) is 5.75 Å². The van der Waals surface area contributed by atoms with Crippen LogP contribution in [0.3, 0.4) is 0 Å². The number of carbonyl (C=O) groups is 2. The third-order valence-corrected chi connectivity index (χ3v) is 3.50. The van der Waals surface area contributed by atoms with Crippen molar-refractivity contribution >= 4 is 22.8 Å². The highest BCUT2D eigenvalue weighted by atomic mass is 16.5. The van der Waals surface area contributed by atoms with E-state index < -0.39 is 12.0 Å². The van der Waals surface area contributed by atoms with Crippen molar-refractivity contribution in [3.63, 3.8) is 0 Å². The van der Waals surface area contributed by atoms with Crippen molar-refractivity contribution in [2.24, 2.45) is 0 Å². The van der Waals surface area contributed by atoms with E-state index in [0.717, 1.165) is 10.9 Å². The molecular weight excluding hydrogens is 292 g/mol. The fourth-order valence-corrected chi connectivity index (χ4v) is 2.25. The number of benzene rings is 2. The van der Waals surface area contributed by atoms with Gasteiger partial charge in [-0.15, -0.1) is 0 Å². The van der Waals surface area contributed by atoms with Crippen LogP contribution in [-0.2, 0) is 4.79 Å². The van der Waals surface area contributed by atoms with Crippen molar-refractivity contribution in [3.8, 4) is 5.75 Å². The van der Waals surface area contributed by atoms with Gasteiger partial charge in [0.25, 0.3) is 5.91 Å². The molecule has 3 aromatic rings. The molecule has 0 radical (unpaired) electrons. The maximum atomic E-state index is 12.2. The number of para-hydroxylation sites is 1. The van der Waals surface area contributed by atoms with Crippen LogP contribution >= 0.6 is 0 Å². The quantitative estimate of drug-likeness (QED) is 0.728. The van der Waals surface area contributed by atoms with Gasteiger partial charge in [-0.1, -0.05) is 30.3 Å². The highest BCUT2D eigenvalue weighted by Crippen LogP contribution is 2.25. The first kappa shape index (κ1) is 14.8. The summed E-state index contributed by atoms with van der Waals surface area (Å²) in [6, 6.07) is 15.5. The van der Waals surface area contributed by atoms with Crippen LogP contribution in [0, 0.1) is 0 Å². The lowest BCUT2D eigenvalue weighted by Gasteiger charge is -2.12. The van der Waals surface area contributed by atoms with E-state index in [9.17, 15) is 9.59 Å². The van der Waals surface area contributed by atoms with Crippen molar-refractivity contribution in [1.29, 1.82) is 0 Å². The molecule has 0 fully saturated rings. The second-order valence-corrected chi connectivity index (χ2v) is 5.18. The van der Waals surface area contributed by atoms with E-state index in [1.165, 1.54) is 0 Å². The number of H-pyrrole nitrogens is 1. The summed E-state index contributed by atoms with van der Waals surface area (Å²) in [7, 11) is 0. The first-order chi connectivity index (χ1) is 11.1. The minimum Gasteiger partial charge on any atom is -0.423 e. The molecule has 0 aliphatic carbocycles. The monoisotopic (exact) mass is 308 g/mol. The Labute approximate surface area is 133 Å². The summed E-state index contributed by atoms with van der Waals surface area (Å²) in [5, 5.41) is 3.45. The summed E-state index contributed by atoms with van der Waals surface area (Å²) in [6.45, 7) is 1.60. The molecule has 23 heavy (non-hydrogen) atoms. The Bertz CT molecular complexity index is 840. The van der Waals surface area contributed by atoms with Crippen LogP contribution in [0.15, 0.2) is 60.8 Å². The fraction of sp³-hybridized carbons (Fsp3) is 0.111. The van der Waals surface area contributed by atoms with E-state index in [4.69, 9.17) is 4.74 Å². The zero-order valence-corrected chi connectivity index (χ0v) is 12.6. The van der Waals surface area contributed by atoms with Gasteiger partial charge in [0.1, 0.15) is 6.04 Å². The number of fused-ring (bicyclic) bond motifs is 1. The number of aromatic nitrogens is 1. The Morgan fingerprint density at radius 1 is 1.04 bits per heavy atom. The largest absolute Gasteiger partial charge is 0.423 e. The Morgan fingerprint density at radius 3 is 2.52 bits per heavy atom. The number of nitrogens with one attached hydrogen (secondary N) is 2. The summed E-state index contributed by atoms with van der Waals surface area (Å²) in [5.74, 6) is -0.376. The van der Waals surface area contributed by atoms with Crippen molar-refractivity contribution in [3.05, 3.63) is 66.4 Å². The average Bonchev–Trinajstić information content (AvgIpc) is 2.98. The first-order valence-corrected chi connectivity index (χ1v) is 7.29. The molecular formula is C18H16N2O3. The second-order valence-electron chi connectivity index (χ2n) is 5.18. The van der Waals surface area contributed by atoms with Crippen LogP contribution in [0.5, 0.6) is 5.75 Å². The number of rotatable bonds is 4. The van der Waals surface area contributed by atoms with Gasteiger partial charge in [-0.25, -0.2) is 4.79 Å². The van der Waals surface area contributed by atoms with Gasteiger partial charge in [-0.05, 0) is 31.2 Å². The maximum absolute atomic E-state index is 12.2. The number of hydrogen-bond acceptors (Lipinski definition) is 3. The van der Waals surface area contributed by atoms with E-state index >= 15 is 0 Å². The van der Waals surface area contributed by atoms with Gasteiger partial charge in [-0.2, -0.15) is 0 Å². The molecule has 3 rings (SSSR count). The molecule has 0 saturated carbocycles. The lowest BCUT2D eigenvalue weighted by molar-refractivity contribution is -0.136. The highest BCUT2D eigenvalue weighted by Gasteiger charge is 2.19.